The summed E-state index contributed by atoms with van der Waals surface area (Å²) in [6.45, 7) is -0.346. The SMILES string of the molecule is N[C@@H](CC(=O)O)C(=O)O.N[C@@H](CC(=O)O)C(=O)O.N[C@@H](CCO)C(=O)O.N[C@H](CCO)C(=O)O.[Mn+2].[Mn+2]. The Labute approximate surface area is 225 Å². The number of hydrogen-bond acceptors (Lipinski definition) is 12. The van der Waals surface area contributed by atoms with Gasteiger partial charge in [0.15, 0.2) is 0 Å². The molecule has 0 bridgehead atoms. The van der Waals surface area contributed by atoms with E-state index < -0.39 is 72.8 Å². The van der Waals surface area contributed by atoms with Crippen molar-refractivity contribution in [2.45, 2.75) is 49.9 Å². The second kappa shape index (κ2) is 28.9. The molecule has 18 nitrogen and oxygen atoms in total. The van der Waals surface area contributed by atoms with Crippen molar-refractivity contribution >= 4 is 35.8 Å². The molecule has 0 unspecified atom stereocenters. The molecule has 4 atom stereocenters. The summed E-state index contributed by atoms with van der Waals surface area (Å²) in [5.74, 6) is -7.14. The van der Waals surface area contributed by atoms with E-state index in [1.165, 1.54) is 0 Å². The summed E-state index contributed by atoms with van der Waals surface area (Å²) in [5.41, 5.74) is 19.6. The van der Waals surface area contributed by atoms with Crippen molar-refractivity contribution in [1.82, 2.24) is 0 Å². The van der Waals surface area contributed by atoms with Gasteiger partial charge in [0.1, 0.15) is 24.2 Å². The van der Waals surface area contributed by atoms with Gasteiger partial charge in [-0.05, 0) is 12.8 Å². The summed E-state index contributed by atoms with van der Waals surface area (Å²) in [5, 5.41) is 64.5. The third kappa shape index (κ3) is 38.9. The third-order valence-corrected chi connectivity index (χ3v) is 2.94. The van der Waals surface area contributed by atoms with Gasteiger partial charge in [0, 0.05) is 13.2 Å². The van der Waals surface area contributed by atoms with Crippen LogP contribution in [0.1, 0.15) is 25.7 Å². The van der Waals surface area contributed by atoms with Crippen molar-refractivity contribution in [1.29, 1.82) is 0 Å². The molecule has 16 N–H and O–H groups in total. The fraction of sp³-hybridized carbons (Fsp3) is 0.625. The normalized spacial score (nSPS) is 12.2. The van der Waals surface area contributed by atoms with E-state index in [0.29, 0.717) is 0 Å². The molecule has 36 heavy (non-hydrogen) atoms. The molecule has 0 fully saturated rings. The van der Waals surface area contributed by atoms with Gasteiger partial charge in [-0.3, -0.25) is 28.8 Å². The van der Waals surface area contributed by atoms with Gasteiger partial charge in [0.05, 0.1) is 12.8 Å². The number of aliphatic carboxylic acids is 6. The first-order valence-electron chi connectivity index (χ1n) is 9.03. The minimum atomic E-state index is -1.29. The minimum Gasteiger partial charge on any atom is -0.481 e. The van der Waals surface area contributed by atoms with Crippen molar-refractivity contribution in [2.75, 3.05) is 13.2 Å². The molecule has 0 aliphatic carbocycles. The molecule has 0 saturated carbocycles. The fourth-order valence-electron chi connectivity index (χ4n) is 1.08. The van der Waals surface area contributed by atoms with E-state index in [0.717, 1.165) is 0 Å². The Kier molecular flexibility index (Phi) is 37.6. The number of aliphatic hydroxyl groups is 2. The van der Waals surface area contributed by atoms with Crippen LogP contribution < -0.4 is 22.9 Å². The van der Waals surface area contributed by atoms with Crippen LogP contribution in [0.15, 0.2) is 0 Å². The monoisotopic (exact) mass is 614 g/mol. The van der Waals surface area contributed by atoms with Gasteiger partial charge in [0.2, 0.25) is 0 Å². The first kappa shape index (κ1) is 46.9. The first-order valence-corrected chi connectivity index (χ1v) is 9.03. The predicted octanol–water partition coefficient (Wildman–Crippen LogP) is -4.70. The Balaban J connectivity index is -0.0000000819. The Morgan fingerprint density at radius 1 is 0.472 bits per heavy atom. The second-order valence-electron chi connectivity index (χ2n) is 6.00. The van der Waals surface area contributed by atoms with Crippen LogP contribution in [0.4, 0.5) is 0 Å². The van der Waals surface area contributed by atoms with E-state index in [-0.39, 0.29) is 60.2 Å². The zero-order chi connectivity index (χ0) is 28.0. The van der Waals surface area contributed by atoms with Crippen molar-refractivity contribution in [3.8, 4) is 0 Å². The van der Waals surface area contributed by atoms with Crippen molar-refractivity contribution in [3.05, 3.63) is 0 Å². The van der Waals surface area contributed by atoms with E-state index in [9.17, 15) is 28.8 Å². The van der Waals surface area contributed by atoms with E-state index in [4.69, 9.17) is 63.8 Å². The van der Waals surface area contributed by atoms with Crippen molar-refractivity contribution in [3.63, 3.8) is 0 Å². The number of carbonyl (C=O) groups is 6. The average molecular weight is 614 g/mol. The molecule has 0 aromatic carbocycles. The molecule has 0 saturated heterocycles. The van der Waals surface area contributed by atoms with Crippen LogP contribution in [-0.4, -0.2) is 114 Å². The summed E-state index contributed by atoms with van der Waals surface area (Å²) >= 11 is 0. The molecular weight excluding hydrogens is 582 g/mol. The Bertz CT molecular complexity index is 602. The molecular formula is C16H32Mn2N4O14+4. The smallest absolute Gasteiger partial charge is 0.481 e. The third-order valence-electron chi connectivity index (χ3n) is 2.94. The van der Waals surface area contributed by atoms with Gasteiger partial charge in [-0.25, -0.2) is 0 Å². The van der Waals surface area contributed by atoms with E-state index >= 15 is 0 Å². The number of hydrogen-bond donors (Lipinski definition) is 12. The van der Waals surface area contributed by atoms with Crippen molar-refractivity contribution in [2.24, 2.45) is 22.9 Å². The van der Waals surface area contributed by atoms with Crippen LogP contribution in [0.25, 0.3) is 0 Å². The largest absolute Gasteiger partial charge is 2.00 e. The number of carboxylic acid groups (broad SMARTS) is 6. The van der Waals surface area contributed by atoms with Gasteiger partial charge in [-0.15, -0.1) is 0 Å². The number of rotatable bonds is 12. The van der Waals surface area contributed by atoms with Crippen LogP contribution in [-0.2, 0) is 62.9 Å². The molecule has 0 aromatic rings. The maximum absolute atomic E-state index is 9.85. The summed E-state index contributed by atoms with van der Waals surface area (Å²) in [6, 6.07) is -4.41. The molecule has 0 amide bonds. The second-order valence-corrected chi connectivity index (χ2v) is 6.00. The minimum absolute atomic E-state index is 0. The van der Waals surface area contributed by atoms with Crippen LogP contribution in [0, 0.1) is 0 Å². The standard InChI is InChI=1S/2C4H7NO4.2C4H9NO3.2Mn/c2*5-2(4(8)9)1-3(6)7;2*5-3(1-2-6)4(7)8;;/h2*2H,1,5H2,(H,6,7)(H,8,9);2*3,6H,1-2,5H2,(H,7,8);;/q;;;;2*+2/t2*2-;2*3-;;/m0010../s1. The van der Waals surface area contributed by atoms with Gasteiger partial charge >= 0.3 is 70.0 Å². The van der Waals surface area contributed by atoms with E-state index in [1.807, 2.05) is 0 Å². The van der Waals surface area contributed by atoms with Gasteiger partial charge < -0.3 is 63.8 Å². The summed E-state index contributed by atoms with van der Waals surface area (Å²) < 4.78 is 0. The Hall–Kier alpha value is -2.38. The quantitative estimate of drug-likeness (QED) is 0.0918. The predicted molar refractivity (Wildman–Crippen MR) is 110 cm³/mol. The molecule has 210 valence electrons. The van der Waals surface area contributed by atoms with Gasteiger partial charge in [-0.1, -0.05) is 0 Å². The molecule has 0 aliphatic rings. The molecule has 2 radical (unpaired) electrons. The molecule has 20 heteroatoms. The Morgan fingerprint density at radius 3 is 0.722 bits per heavy atom. The number of aliphatic hydroxyl groups excluding tert-OH is 2. The van der Waals surface area contributed by atoms with E-state index in [1.54, 1.807) is 0 Å². The number of nitrogens with two attached hydrogens (primary N) is 4. The van der Waals surface area contributed by atoms with Gasteiger partial charge in [0.25, 0.3) is 0 Å². The van der Waals surface area contributed by atoms with Crippen LogP contribution in [0.3, 0.4) is 0 Å². The zero-order valence-corrected chi connectivity index (χ0v) is 21.0. The van der Waals surface area contributed by atoms with Gasteiger partial charge in [-0.2, -0.15) is 0 Å². The molecule has 0 spiro atoms. The zero-order valence-electron chi connectivity index (χ0n) is 18.6. The van der Waals surface area contributed by atoms with E-state index in [2.05, 4.69) is 0 Å². The van der Waals surface area contributed by atoms with Crippen LogP contribution in [0.2, 0.25) is 0 Å². The summed E-state index contributed by atoms with van der Waals surface area (Å²) in [4.78, 5) is 58.9. The summed E-state index contributed by atoms with van der Waals surface area (Å²) in [6.07, 6.45) is -0.824. The van der Waals surface area contributed by atoms with Crippen molar-refractivity contribution < 1.29 is 104 Å². The average Bonchev–Trinajstić information content (AvgIpc) is 2.68. The summed E-state index contributed by atoms with van der Waals surface area (Å²) in [7, 11) is 0. The maximum atomic E-state index is 9.85. The molecule has 0 rings (SSSR count). The molecule has 0 aromatic heterocycles. The Morgan fingerprint density at radius 2 is 0.667 bits per heavy atom. The topological polar surface area (TPSA) is 368 Å². The van der Waals surface area contributed by atoms with Crippen LogP contribution >= 0.6 is 0 Å². The first-order chi connectivity index (χ1) is 15.4. The molecule has 0 heterocycles. The molecule has 0 aliphatic heterocycles. The van der Waals surface area contributed by atoms with Crippen LogP contribution in [0.5, 0.6) is 0 Å². The maximum Gasteiger partial charge on any atom is 2.00 e. The number of carboxylic acids is 6. The fourth-order valence-corrected chi connectivity index (χ4v) is 1.08.